The van der Waals surface area contributed by atoms with Gasteiger partial charge in [0.25, 0.3) is 0 Å². The molecule has 0 unspecified atom stereocenters. The van der Waals surface area contributed by atoms with Gasteiger partial charge in [-0.1, -0.05) is 23.8 Å². The summed E-state index contributed by atoms with van der Waals surface area (Å²) in [6.07, 6.45) is 4.42. The molecule has 0 N–H and O–H groups in total. The lowest BCUT2D eigenvalue weighted by molar-refractivity contribution is -0.0417. The zero-order valence-corrected chi connectivity index (χ0v) is 9.92. The van der Waals surface area contributed by atoms with Crippen LogP contribution in [-0.2, 0) is 4.74 Å². The van der Waals surface area contributed by atoms with Gasteiger partial charge in [0.1, 0.15) is 0 Å². The lowest BCUT2D eigenvalue weighted by Gasteiger charge is -2.29. The molecule has 1 aliphatic heterocycles. The van der Waals surface area contributed by atoms with Crippen LogP contribution in [0.5, 0.6) is 0 Å². The first kappa shape index (κ1) is 10.7. The largest absolute Gasteiger partial charge is 0.371 e. The molecule has 0 radical (unpaired) electrons. The Hall–Kier alpha value is -0.820. The fourth-order valence-electron chi connectivity index (χ4n) is 2.34. The quantitative estimate of drug-likeness (QED) is 0.673. The predicted octanol–water partition coefficient (Wildman–Crippen LogP) is 3.93. The van der Waals surface area contributed by atoms with E-state index in [1.54, 1.807) is 0 Å². The van der Waals surface area contributed by atoms with E-state index in [9.17, 15) is 0 Å². The van der Waals surface area contributed by atoms with E-state index < -0.39 is 0 Å². The Morgan fingerprint density at radius 1 is 1.20 bits per heavy atom. The monoisotopic (exact) mass is 204 g/mol. The molecule has 1 saturated heterocycles. The molecule has 2 atom stereocenters. The topological polar surface area (TPSA) is 9.23 Å². The Kier molecular flexibility index (Phi) is 3.11. The van der Waals surface area contributed by atoms with Gasteiger partial charge in [0.05, 0.1) is 12.2 Å². The first-order valence-corrected chi connectivity index (χ1v) is 5.89. The predicted molar refractivity (Wildman–Crippen MR) is 63.1 cm³/mol. The molecular weight excluding hydrogens is 184 g/mol. The normalized spacial score (nSPS) is 26.6. The number of rotatable bonds is 1. The summed E-state index contributed by atoms with van der Waals surface area (Å²) in [7, 11) is 0. The van der Waals surface area contributed by atoms with Crippen molar-refractivity contribution in [1.82, 2.24) is 0 Å². The number of hydrogen-bond acceptors (Lipinski definition) is 1. The molecular formula is C14H20O. The van der Waals surface area contributed by atoms with Crippen LogP contribution in [0, 0.1) is 13.8 Å². The lowest BCUT2D eigenvalue weighted by Crippen LogP contribution is -2.20. The third-order valence-corrected chi connectivity index (χ3v) is 3.26. The summed E-state index contributed by atoms with van der Waals surface area (Å²) in [5.41, 5.74) is 4.08. The van der Waals surface area contributed by atoms with Crippen LogP contribution >= 0.6 is 0 Å². The molecule has 15 heavy (non-hydrogen) atoms. The molecule has 0 spiro atoms. The second-order valence-corrected chi connectivity index (χ2v) is 4.73. The van der Waals surface area contributed by atoms with Gasteiger partial charge in [0.15, 0.2) is 0 Å². The summed E-state index contributed by atoms with van der Waals surface area (Å²) in [5.74, 6) is 0. The van der Waals surface area contributed by atoms with Gasteiger partial charge in [0, 0.05) is 0 Å². The molecule has 0 bridgehead atoms. The third kappa shape index (κ3) is 2.40. The fourth-order valence-corrected chi connectivity index (χ4v) is 2.34. The highest BCUT2D eigenvalue weighted by molar-refractivity contribution is 5.32. The van der Waals surface area contributed by atoms with Gasteiger partial charge in [0.2, 0.25) is 0 Å². The van der Waals surface area contributed by atoms with Crippen LogP contribution in [0.3, 0.4) is 0 Å². The first-order valence-electron chi connectivity index (χ1n) is 5.89. The van der Waals surface area contributed by atoms with Gasteiger partial charge < -0.3 is 4.74 Å². The third-order valence-electron chi connectivity index (χ3n) is 3.26. The Balaban J connectivity index is 2.24. The summed E-state index contributed by atoms with van der Waals surface area (Å²) in [5, 5.41) is 0. The SMILES string of the molecule is Cc1ccc(C)c([C@@H]2CCC[C@@H](C)O2)c1. The molecule has 1 fully saturated rings. The van der Waals surface area contributed by atoms with Crippen molar-refractivity contribution in [3.63, 3.8) is 0 Å². The highest BCUT2D eigenvalue weighted by Crippen LogP contribution is 2.33. The smallest absolute Gasteiger partial charge is 0.0831 e. The second-order valence-electron chi connectivity index (χ2n) is 4.73. The summed E-state index contributed by atoms with van der Waals surface area (Å²) < 4.78 is 6.01. The summed E-state index contributed by atoms with van der Waals surface area (Å²) in [6.45, 7) is 6.50. The highest BCUT2D eigenvalue weighted by Gasteiger charge is 2.21. The molecule has 0 saturated carbocycles. The van der Waals surface area contributed by atoms with Crippen LogP contribution in [0.25, 0.3) is 0 Å². The maximum absolute atomic E-state index is 6.01. The molecule has 0 aliphatic carbocycles. The van der Waals surface area contributed by atoms with Crippen LogP contribution in [0.2, 0.25) is 0 Å². The van der Waals surface area contributed by atoms with E-state index in [1.807, 2.05) is 0 Å². The molecule has 82 valence electrons. The van der Waals surface area contributed by atoms with E-state index in [2.05, 4.69) is 39.0 Å². The van der Waals surface area contributed by atoms with Crippen LogP contribution in [-0.4, -0.2) is 6.10 Å². The Bertz CT molecular complexity index is 343. The Morgan fingerprint density at radius 2 is 2.00 bits per heavy atom. The number of ether oxygens (including phenoxy) is 1. The molecule has 0 amide bonds. The van der Waals surface area contributed by atoms with Crippen molar-refractivity contribution < 1.29 is 4.74 Å². The Labute approximate surface area is 92.5 Å². The van der Waals surface area contributed by atoms with Crippen molar-refractivity contribution in [3.05, 3.63) is 34.9 Å². The molecule has 1 aromatic carbocycles. The minimum absolute atomic E-state index is 0.327. The molecule has 1 aromatic rings. The average molecular weight is 204 g/mol. The maximum atomic E-state index is 6.01. The van der Waals surface area contributed by atoms with Crippen LogP contribution in [0.1, 0.15) is 49.0 Å². The van der Waals surface area contributed by atoms with Gasteiger partial charge >= 0.3 is 0 Å². The first-order chi connectivity index (χ1) is 7.16. The van der Waals surface area contributed by atoms with Gasteiger partial charge in [-0.3, -0.25) is 0 Å². The van der Waals surface area contributed by atoms with Crippen LogP contribution < -0.4 is 0 Å². The van der Waals surface area contributed by atoms with Gasteiger partial charge in [-0.25, -0.2) is 0 Å². The molecule has 0 aromatic heterocycles. The summed E-state index contributed by atoms with van der Waals surface area (Å²) in [4.78, 5) is 0. The summed E-state index contributed by atoms with van der Waals surface area (Å²) >= 11 is 0. The van der Waals surface area contributed by atoms with E-state index in [0.717, 1.165) is 0 Å². The van der Waals surface area contributed by atoms with Gasteiger partial charge in [-0.05, 0) is 51.2 Å². The minimum Gasteiger partial charge on any atom is -0.371 e. The highest BCUT2D eigenvalue weighted by atomic mass is 16.5. The zero-order valence-electron chi connectivity index (χ0n) is 9.92. The Morgan fingerprint density at radius 3 is 2.73 bits per heavy atom. The number of benzene rings is 1. The zero-order chi connectivity index (χ0) is 10.8. The maximum Gasteiger partial charge on any atom is 0.0831 e. The van der Waals surface area contributed by atoms with Crippen molar-refractivity contribution in [2.24, 2.45) is 0 Å². The van der Waals surface area contributed by atoms with E-state index in [4.69, 9.17) is 4.74 Å². The van der Waals surface area contributed by atoms with E-state index in [1.165, 1.54) is 36.0 Å². The molecule has 2 rings (SSSR count). The molecule has 1 aliphatic rings. The average Bonchev–Trinajstić information content (AvgIpc) is 2.22. The van der Waals surface area contributed by atoms with Crippen molar-refractivity contribution in [2.75, 3.05) is 0 Å². The standard InChI is InChI=1S/C14H20O/c1-10-7-8-11(2)13(9-10)14-6-4-5-12(3)15-14/h7-9,12,14H,4-6H2,1-3H3/t12-,14+/m1/s1. The minimum atomic E-state index is 0.327. The van der Waals surface area contributed by atoms with Crippen molar-refractivity contribution >= 4 is 0 Å². The van der Waals surface area contributed by atoms with E-state index in [-0.39, 0.29) is 0 Å². The molecule has 1 nitrogen and oxygen atoms in total. The fraction of sp³-hybridized carbons (Fsp3) is 0.571. The van der Waals surface area contributed by atoms with Crippen LogP contribution in [0.15, 0.2) is 18.2 Å². The molecule has 1 heterocycles. The van der Waals surface area contributed by atoms with Crippen LogP contribution in [0.4, 0.5) is 0 Å². The number of hydrogen-bond donors (Lipinski definition) is 0. The molecule has 1 heteroatoms. The summed E-state index contributed by atoms with van der Waals surface area (Å²) in [6, 6.07) is 6.65. The van der Waals surface area contributed by atoms with Gasteiger partial charge in [-0.15, -0.1) is 0 Å². The van der Waals surface area contributed by atoms with E-state index >= 15 is 0 Å². The van der Waals surface area contributed by atoms with Crippen molar-refractivity contribution in [3.8, 4) is 0 Å². The van der Waals surface area contributed by atoms with Crippen molar-refractivity contribution in [2.45, 2.75) is 52.2 Å². The second kappa shape index (κ2) is 4.36. The lowest BCUT2D eigenvalue weighted by atomic mass is 9.94. The van der Waals surface area contributed by atoms with E-state index in [0.29, 0.717) is 12.2 Å². The van der Waals surface area contributed by atoms with Crippen molar-refractivity contribution in [1.29, 1.82) is 0 Å². The number of aryl methyl sites for hydroxylation is 2. The van der Waals surface area contributed by atoms with Gasteiger partial charge in [-0.2, -0.15) is 0 Å².